The minimum Gasteiger partial charge on any atom is -0.380 e. The molecule has 0 fully saturated rings. The molecule has 98 valence electrons. The molecular formula is C14H26N2O. The van der Waals surface area contributed by atoms with Crippen LogP contribution < -0.4 is 5.32 Å². The molecule has 1 heterocycles. The van der Waals surface area contributed by atoms with E-state index in [4.69, 9.17) is 4.74 Å². The molecule has 17 heavy (non-hydrogen) atoms. The lowest BCUT2D eigenvalue weighted by atomic mass is 10.1. The van der Waals surface area contributed by atoms with E-state index in [-0.39, 0.29) is 0 Å². The number of hydrogen-bond donors (Lipinski definition) is 1. The van der Waals surface area contributed by atoms with Crippen molar-refractivity contribution >= 4 is 0 Å². The predicted octanol–water partition coefficient (Wildman–Crippen LogP) is 2.58. The van der Waals surface area contributed by atoms with Crippen LogP contribution in [0.2, 0.25) is 0 Å². The first-order valence-corrected chi connectivity index (χ1v) is 6.52. The summed E-state index contributed by atoms with van der Waals surface area (Å²) in [5, 5.41) is 3.18. The molecule has 0 radical (unpaired) electrons. The third-order valence-electron chi connectivity index (χ3n) is 3.03. The molecule has 1 aromatic heterocycles. The molecule has 0 aliphatic carbocycles. The molecule has 0 amide bonds. The summed E-state index contributed by atoms with van der Waals surface area (Å²) in [4.78, 5) is 0. The van der Waals surface area contributed by atoms with Gasteiger partial charge in [0, 0.05) is 31.6 Å². The summed E-state index contributed by atoms with van der Waals surface area (Å²) in [6, 6.07) is 2.18. The first-order chi connectivity index (χ1) is 8.15. The second-order valence-corrected chi connectivity index (χ2v) is 4.95. The summed E-state index contributed by atoms with van der Waals surface area (Å²) in [7, 11) is 1.98. The van der Waals surface area contributed by atoms with Gasteiger partial charge < -0.3 is 14.6 Å². The van der Waals surface area contributed by atoms with Gasteiger partial charge in [-0.15, -0.1) is 0 Å². The number of rotatable bonds is 8. The molecule has 1 rings (SSSR count). The van der Waals surface area contributed by atoms with Crippen molar-refractivity contribution in [2.45, 2.75) is 40.3 Å². The first-order valence-electron chi connectivity index (χ1n) is 6.52. The third kappa shape index (κ3) is 4.92. The molecule has 0 aliphatic rings. The number of hydrogen-bond acceptors (Lipinski definition) is 2. The molecule has 0 atom stereocenters. The van der Waals surface area contributed by atoms with Gasteiger partial charge in [-0.1, -0.05) is 13.8 Å². The van der Waals surface area contributed by atoms with E-state index in [9.17, 15) is 0 Å². The van der Waals surface area contributed by atoms with Gasteiger partial charge in [-0.05, 0) is 37.9 Å². The van der Waals surface area contributed by atoms with Gasteiger partial charge in [0.15, 0.2) is 0 Å². The van der Waals surface area contributed by atoms with Crippen LogP contribution in [0, 0.1) is 12.8 Å². The minimum absolute atomic E-state index is 0.727. The highest BCUT2D eigenvalue weighted by atomic mass is 16.5. The van der Waals surface area contributed by atoms with Crippen LogP contribution in [0.3, 0.4) is 0 Å². The molecule has 0 bridgehead atoms. The molecule has 3 heteroatoms. The van der Waals surface area contributed by atoms with Crippen molar-refractivity contribution in [3.05, 3.63) is 23.5 Å². The zero-order valence-electron chi connectivity index (χ0n) is 11.6. The molecule has 0 aliphatic heterocycles. The van der Waals surface area contributed by atoms with E-state index >= 15 is 0 Å². The van der Waals surface area contributed by atoms with Crippen molar-refractivity contribution in [3.63, 3.8) is 0 Å². The predicted molar refractivity (Wildman–Crippen MR) is 72.2 cm³/mol. The number of aromatic nitrogens is 1. The van der Waals surface area contributed by atoms with Gasteiger partial charge in [0.1, 0.15) is 0 Å². The smallest absolute Gasteiger partial charge is 0.0645 e. The number of nitrogens with one attached hydrogen (secondary N) is 1. The molecule has 0 unspecified atom stereocenters. The maximum absolute atomic E-state index is 5.64. The van der Waals surface area contributed by atoms with E-state index in [0.29, 0.717) is 0 Å². The SMILES string of the molecule is CNCc1ccn(CCOCCC(C)C)c1C. The maximum Gasteiger partial charge on any atom is 0.0645 e. The van der Waals surface area contributed by atoms with E-state index in [1.807, 2.05) is 7.05 Å². The van der Waals surface area contributed by atoms with Crippen LogP contribution in [0.1, 0.15) is 31.5 Å². The largest absolute Gasteiger partial charge is 0.380 e. The maximum atomic E-state index is 5.64. The van der Waals surface area contributed by atoms with Crippen molar-refractivity contribution in [3.8, 4) is 0 Å². The first kappa shape index (κ1) is 14.3. The van der Waals surface area contributed by atoms with E-state index < -0.39 is 0 Å². The molecule has 1 aromatic rings. The standard InChI is InChI=1S/C14H26N2O/c1-12(2)6-9-17-10-8-16-7-5-14(11-15-4)13(16)3/h5,7,12,15H,6,8-11H2,1-4H3. The Morgan fingerprint density at radius 1 is 1.35 bits per heavy atom. The Kier molecular flexibility index (Phi) is 6.30. The molecule has 0 saturated carbocycles. The fraction of sp³-hybridized carbons (Fsp3) is 0.714. The van der Waals surface area contributed by atoms with Gasteiger partial charge in [0.05, 0.1) is 6.61 Å². The van der Waals surface area contributed by atoms with Crippen molar-refractivity contribution in [2.75, 3.05) is 20.3 Å². The van der Waals surface area contributed by atoms with Crippen LogP contribution >= 0.6 is 0 Å². The minimum atomic E-state index is 0.727. The topological polar surface area (TPSA) is 26.2 Å². The summed E-state index contributed by atoms with van der Waals surface area (Å²) in [5.74, 6) is 0.727. The van der Waals surface area contributed by atoms with E-state index in [1.54, 1.807) is 0 Å². The Morgan fingerprint density at radius 2 is 2.12 bits per heavy atom. The van der Waals surface area contributed by atoms with Gasteiger partial charge in [0.25, 0.3) is 0 Å². The van der Waals surface area contributed by atoms with Gasteiger partial charge in [-0.2, -0.15) is 0 Å². The lowest BCUT2D eigenvalue weighted by Crippen LogP contribution is -2.10. The highest BCUT2D eigenvalue weighted by Crippen LogP contribution is 2.09. The van der Waals surface area contributed by atoms with Crippen LogP contribution in [0.4, 0.5) is 0 Å². The van der Waals surface area contributed by atoms with Gasteiger partial charge in [-0.25, -0.2) is 0 Å². The average Bonchev–Trinajstić information content (AvgIpc) is 2.61. The van der Waals surface area contributed by atoms with Crippen molar-refractivity contribution in [1.29, 1.82) is 0 Å². The van der Waals surface area contributed by atoms with E-state index in [1.165, 1.54) is 11.3 Å². The Bertz CT molecular complexity index is 318. The Morgan fingerprint density at radius 3 is 2.76 bits per heavy atom. The average molecular weight is 238 g/mol. The second-order valence-electron chi connectivity index (χ2n) is 4.95. The van der Waals surface area contributed by atoms with Crippen LogP contribution in [-0.2, 0) is 17.8 Å². The lowest BCUT2D eigenvalue weighted by molar-refractivity contribution is 0.116. The van der Waals surface area contributed by atoms with Gasteiger partial charge in [-0.3, -0.25) is 0 Å². The zero-order valence-corrected chi connectivity index (χ0v) is 11.6. The summed E-state index contributed by atoms with van der Waals surface area (Å²) in [6.45, 7) is 10.2. The highest BCUT2D eigenvalue weighted by Gasteiger charge is 2.03. The molecule has 3 nitrogen and oxygen atoms in total. The van der Waals surface area contributed by atoms with E-state index in [2.05, 4.69) is 42.9 Å². The fourth-order valence-electron chi connectivity index (χ4n) is 1.80. The van der Waals surface area contributed by atoms with Gasteiger partial charge in [0.2, 0.25) is 0 Å². The quantitative estimate of drug-likeness (QED) is 0.705. The summed E-state index contributed by atoms with van der Waals surface area (Å²) in [6.07, 6.45) is 3.30. The zero-order chi connectivity index (χ0) is 12.7. The van der Waals surface area contributed by atoms with Crippen LogP contribution in [-0.4, -0.2) is 24.8 Å². The van der Waals surface area contributed by atoms with Crippen LogP contribution in [0.25, 0.3) is 0 Å². The molecule has 1 N–H and O–H groups in total. The Hall–Kier alpha value is -0.800. The molecule has 0 spiro atoms. The van der Waals surface area contributed by atoms with Crippen molar-refractivity contribution in [1.82, 2.24) is 9.88 Å². The van der Waals surface area contributed by atoms with Crippen molar-refractivity contribution < 1.29 is 4.74 Å². The third-order valence-corrected chi connectivity index (χ3v) is 3.03. The highest BCUT2D eigenvalue weighted by molar-refractivity contribution is 5.20. The molecule has 0 saturated heterocycles. The number of ether oxygens (including phenoxy) is 1. The van der Waals surface area contributed by atoms with Gasteiger partial charge >= 0.3 is 0 Å². The molecule has 0 aromatic carbocycles. The van der Waals surface area contributed by atoms with E-state index in [0.717, 1.165) is 38.6 Å². The van der Waals surface area contributed by atoms with Crippen LogP contribution in [0.15, 0.2) is 12.3 Å². The summed E-state index contributed by atoms with van der Waals surface area (Å²) in [5.41, 5.74) is 2.71. The molecular weight excluding hydrogens is 212 g/mol. The summed E-state index contributed by atoms with van der Waals surface area (Å²) >= 11 is 0. The Balaban J connectivity index is 2.27. The Labute approximate surface area is 105 Å². The number of nitrogens with zero attached hydrogens (tertiary/aromatic N) is 1. The summed E-state index contributed by atoms with van der Waals surface area (Å²) < 4.78 is 7.90. The fourth-order valence-corrected chi connectivity index (χ4v) is 1.80. The lowest BCUT2D eigenvalue weighted by Gasteiger charge is -2.09. The monoisotopic (exact) mass is 238 g/mol. The normalized spacial score (nSPS) is 11.4. The second kappa shape index (κ2) is 7.51. The van der Waals surface area contributed by atoms with Crippen LogP contribution in [0.5, 0.6) is 0 Å². The van der Waals surface area contributed by atoms with Crippen molar-refractivity contribution in [2.24, 2.45) is 5.92 Å².